The molecule has 136 valence electrons. The summed E-state index contributed by atoms with van der Waals surface area (Å²) < 4.78 is 2.28. The maximum absolute atomic E-state index is 13.1. The molecule has 0 saturated carbocycles. The van der Waals surface area contributed by atoms with Crippen molar-refractivity contribution in [2.24, 2.45) is 0 Å². The number of rotatable bonds is 2. The van der Waals surface area contributed by atoms with Crippen molar-refractivity contribution in [3.8, 4) is 5.75 Å². The Morgan fingerprint density at radius 2 is 1.77 bits per heavy atom. The zero-order valence-electron chi connectivity index (χ0n) is 14.8. The molecule has 0 spiro atoms. The van der Waals surface area contributed by atoms with Crippen LogP contribution in [0.4, 0.5) is 0 Å². The van der Waals surface area contributed by atoms with Gasteiger partial charge in [-0.1, -0.05) is 30.3 Å². The van der Waals surface area contributed by atoms with Crippen LogP contribution >= 0.6 is 0 Å². The van der Waals surface area contributed by atoms with Gasteiger partial charge in [-0.3, -0.25) is 18.7 Å². The van der Waals surface area contributed by atoms with Crippen LogP contribution in [-0.2, 0) is 6.54 Å². The van der Waals surface area contributed by atoms with Gasteiger partial charge in [0.15, 0.2) is 5.69 Å². The molecule has 4 rings (SSSR count). The second-order valence-electron chi connectivity index (χ2n) is 7.23. The van der Waals surface area contributed by atoms with E-state index >= 15 is 0 Å². The Bertz CT molecular complexity index is 990. The predicted molar refractivity (Wildman–Crippen MR) is 95.4 cm³/mol. The topological polar surface area (TPSA) is 84.5 Å². The van der Waals surface area contributed by atoms with Gasteiger partial charge in [-0.2, -0.15) is 0 Å². The van der Waals surface area contributed by atoms with Crippen LogP contribution in [-0.4, -0.2) is 31.1 Å². The van der Waals surface area contributed by atoms with E-state index in [1.165, 1.54) is 4.57 Å². The van der Waals surface area contributed by atoms with Crippen molar-refractivity contribution in [3.05, 3.63) is 62.4 Å². The lowest BCUT2D eigenvalue weighted by Crippen LogP contribution is -2.53. The van der Waals surface area contributed by atoms with Gasteiger partial charge in [0, 0.05) is 12.6 Å². The zero-order valence-corrected chi connectivity index (χ0v) is 14.8. The van der Waals surface area contributed by atoms with Crippen molar-refractivity contribution >= 4 is 5.91 Å². The van der Waals surface area contributed by atoms with Crippen LogP contribution in [0.25, 0.3) is 0 Å². The number of nitrogens with zero attached hydrogens (tertiary/aromatic N) is 3. The normalized spacial score (nSPS) is 21.8. The molecule has 0 aliphatic carbocycles. The molecule has 7 nitrogen and oxygen atoms in total. The van der Waals surface area contributed by atoms with Gasteiger partial charge < -0.3 is 10.0 Å². The molecule has 0 unspecified atom stereocenters. The third-order valence-corrected chi connectivity index (χ3v) is 5.39. The molecule has 3 heterocycles. The Morgan fingerprint density at radius 3 is 2.42 bits per heavy atom. The summed E-state index contributed by atoms with van der Waals surface area (Å²) in [6.45, 7) is 3.70. The molecule has 2 aromatic rings. The zero-order chi connectivity index (χ0) is 18.6. The third-order valence-electron chi connectivity index (χ3n) is 5.39. The molecule has 0 radical (unpaired) electrons. The largest absolute Gasteiger partial charge is 0.501 e. The first-order valence-corrected chi connectivity index (χ1v) is 8.87. The third kappa shape index (κ3) is 2.23. The number of carbonyl (C=O) groups excluding carboxylic acids is 1. The highest BCUT2D eigenvalue weighted by atomic mass is 16.3. The molecule has 1 amide bonds. The van der Waals surface area contributed by atoms with E-state index in [1.54, 1.807) is 18.7 Å². The fourth-order valence-electron chi connectivity index (χ4n) is 4.20. The van der Waals surface area contributed by atoms with Crippen molar-refractivity contribution in [2.75, 3.05) is 0 Å². The molecular formula is C19H21N3O4. The average molecular weight is 355 g/mol. The smallest absolute Gasteiger partial charge is 0.332 e. The number of aromatic nitrogens is 2. The minimum absolute atomic E-state index is 0.107. The van der Waals surface area contributed by atoms with Gasteiger partial charge in [-0.05, 0) is 32.3 Å². The Kier molecular flexibility index (Phi) is 3.75. The minimum atomic E-state index is -0.807. The van der Waals surface area contributed by atoms with Crippen molar-refractivity contribution in [2.45, 2.75) is 51.4 Å². The first kappa shape index (κ1) is 16.6. The molecule has 1 N–H and O–H groups in total. The van der Waals surface area contributed by atoms with Gasteiger partial charge in [0.25, 0.3) is 11.5 Å². The highest BCUT2D eigenvalue weighted by Gasteiger charge is 2.44. The molecule has 1 aromatic carbocycles. The number of benzene rings is 1. The van der Waals surface area contributed by atoms with E-state index in [4.69, 9.17) is 0 Å². The summed E-state index contributed by atoms with van der Waals surface area (Å²) in [6, 6.07) is 9.09. The number of aromatic hydroxyl groups is 1. The second kappa shape index (κ2) is 5.86. The summed E-state index contributed by atoms with van der Waals surface area (Å²) in [6.07, 6.45) is 1.57. The number of carbonyl (C=O) groups is 1. The van der Waals surface area contributed by atoms with E-state index < -0.39 is 28.9 Å². The first-order chi connectivity index (χ1) is 12.4. The maximum Gasteiger partial charge on any atom is 0.332 e. The van der Waals surface area contributed by atoms with E-state index in [0.717, 1.165) is 23.0 Å². The molecular weight excluding hydrogens is 334 g/mol. The monoisotopic (exact) mass is 355 g/mol. The van der Waals surface area contributed by atoms with Crippen molar-refractivity contribution in [1.29, 1.82) is 0 Å². The van der Waals surface area contributed by atoms with Gasteiger partial charge in [0.2, 0.25) is 5.75 Å². The van der Waals surface area contributed by atoms with Crippen molar-refractivity contribution in [1.82, 2.24) is 14.0 Å². The van der Waals surface area contributed by atoms with E-state index in [1.807, 2.05) is 30.3 Å². The fourth-order valence-corrected chi connectivity index (χ4v) is 4.20. The van der Waals surface area contributed by atoms with Crippen LogP contribution < -0.4 is 11.2 Å². The van der Waals surface area contributed by atoms with Gasteiger partial charge in [0.05, 0.1) is 12.1 Å². The molecule has 0 bridgehead atoms. The number of hydrogen-bond donors (Lipinski definition) is 1. The lowest BCUT2D eigenvalue weighted by Gasteiger charge is -2.36. The van der Waals surface area contributed by atoms with Crippen LogP contribution in [0.15, 0.2) is 39.9 Å². The average Bonchev–Trinajstić information content (AvgIpc) is 3.05. The van der Waals surface area contributed by atoms with E-state index in [-0.39, 0.29) is 17.8 Å². The SMILES string of the molecule is CC(C)n1c(=O)c(O)c2n(c1=O)C[C@@H]1CC[C@H](c3ccccc3)N1C2=O. The summed E-state index contributed by atoms with van der Waals surface area (Å²) >= 11 is 0. The molecule has 7 heteroatoms. The Morgan fingerprint density at radius 1 is 1.08 bits per heavy atom. The van der Waals surface area contributed by atoms with Crippen LogP contribution in [0.5, 0.6) is 5.75 Å². The minimum Gasteiger partial charge on any atom is -0.501 e. The van der Waals surface area contributed by atoms with E-state index in [2.05, 4.69) is 0 Å². The summed E-state index contributed by atoms with van der Waals surface area (Å²) in [5.41, 5.74) is -0.502. The highest BCUT2D eigenvalue weighted by Crippen LogP contribution is 2.40. The van der Waals surface area contributed by atoms with Crippen LogP contribution in [0, 0.1) is 0 Å². The standard InChI is InChI=1S/C19H21N3O4/c1-11(2)21-18(25)16(23)15-17(24)22-13(10-20(15)19(21)26)8-9-14(22)12-6-4-3-5-7-12/h3-7,11,13-14,23H,8-10H2,1-2H3/t13-,14+/m0/s1. The first-order valence-electron chi connectivity index (χ1n) is 8.87. The van der Waals surface area contributed by atoms with Crippen LogP contribution in [0.1, 0.15) is 54.8 Å². The van der Waals surface area contributed by atoms with Gasteiger partial charge in [-0.15, -0.1) is 0 Å². The van der Waals surface area contributed by atoms with Crippen molar-refractivity contribution in [3.63, 3.8) is 0 Å². The van der Waals surface area contributed by atoms with Crippen LogP contribution in [0.3, 0.4) is 0 Å². The highest BCUT2D eigenvalue weighted by molar-refractivity contribution is 5.96. The van der Waals surface area contributed by atoms with Gasteiger partial charge in [0.1, 0.15) is 0 Å². The van der Waals surface area contributed by atoms with E-state index in [0.29, 0.717) is 6.54 Å². The lowest BCUT2D eigenvalue weighted by molar-refractivity contribution is 0.0572. The Hall–Kier alpha value is -2.83. The maximum atomic E-state index is 13.1. The Labute approximate surface area is 150 Å². The van der Waals surface area contributed by atoms with Gasteiger partial charge in [-0.25, -0.2) is 4.79 Å². The second-order valence-corrected chi connectivity index (χ2v) is 7.23. The summed E-state index contributed by atoms with van der Waals surface area (Å²) in [5.74, 6) is -1.09. The molecule has 2 aliphatic rings. The summed E-state index contributed by atoms with van der Waals surface area (Å²) in [4.78, 5) is 40.1. The fraction of sp³-hybridized carbons (Fsp3) is 0.421. The quantitative estimate of drug-likeness (QED) is 0.888. The molecule has 1 fully saturated rings. The molecule has 26 heavy (non-hydrogen) atoms. The molecule has 1 saturated heterocycles. The lowest BCUT2D eigenvalue weighted by atomic mass is 10.0. The summed E-state index contributed by atoms with van der Waals surface area (Å²) in [5, 5.41) is 10.4. The van der Waals surface area contributed by atoms with Gasteiger partial charge >= 0.3 is 5.69 Å². The summed E-state index contributed by atoms with van der Waals surface area (Å²) in [7, 11) is 0. The molecule has 1 aromatic heterocycles. The predicted octanol–water partition coefficient (Wildman–Crippen LogP) is 1.66. The number of hydrogen-bond acceptors (Lipinski definition) is 4. The molecule has 2 atom stereocenters. The van der Waals surface area contributed by atoms with Crippen LogP contribution in [0.2, 0.25) is 0 Å². The number of amides is 1. The Balaban J connectivity index is 1.87. The van der Waals surface area contributed by atoms with E-state index in [9.17, 15) is 19.5 Å². The number of fused-ring (bicyclic) bond motifs is 2. The molecule has 2 aliphatic heterocycles. The van der Waals surface area contributed by atoms with Crippen molar-refractivity contribution < 1.29 is 9.90 Å².